The first-order chi connectivity index (χ1) is 24.6. The predicted molar refractivity (Wildman–Crippen MR) is 170 cm³/mol. The van der Waals surface area contributed by atoms with Gasteiger partial charge in [-0.1, -0.05) is 0 Å². The monoisotopic (exact) mass is 740 g/mol. The van der Waals surface area contributed by atoms with Crippen molar-refractivity contribution >= 4 is 11.0 Å². The molecule has 0 amide bonds. The summed E-state index contributed by atoms with van der Waals surface area (Å²) in [6.07, 6.45) is -24.1. The molecule has 3 aliphatic rings. The Bertz CT molecular complexity index is 1760. The molecule has 0 spiro atoms. The van der Waals surface area contributed by atoms with E-state index in [9.17, 15) is 61.0 Å². The molecule has 1 aromatic heterocycles. The third-order valence-corrected chi connectivity index (χ3v) is 9.25. The molecule has 2 aromatic carbocycles. The molecule has 0 saturated carbocycles. The molecule has 3 saturated heterocycles. The maximum absolute atomic E-state index is 14.2. The number of benzene rings is 2. The molecule has 3 aliphatic heterocycles. The largest absolute Gasteiger partial charge is 0.508 e. The third kappa shape index (κ3) is 7.03. The second-order valence-corrected chi connectivity index (χ2v) is 12.9. The molecule has 0 bridgehead atoms. The van der Waals surface area contributed by atoms with Crippen molar-refractivity contribution in [2.24, 2.45) is 0 Å². The van der Waals surface area contributed by atoms with Gasteiger partial charge in [-0.05, 0) is 38.1 Å². The van der Waals surface area contributed by atoms with E-state index < -0.39 is 121 Å². The van der Waals surface area contributed by atoms with Crippen LogP contribution in [0.4, 0.5) is 0 Å². The van der Waals surface area contributed by atoms with Crippen LogP contribution in [0.15, 0.2) is 45.6 Å². The lowest BCUT2D eigenvalue weighted by molar-refractivity contribution is -0.355. The number of phenols is 2. The van der Waals surface area contributed by atoms with Crippen molar-refractivity contribution in [2.75, 3.05) is 6.61 Å². The molecule has 4 heterocycles. The van der Waals surface area contributed by atoms with E-state index in [1.807, 2.05) is 0 Å². The summed E-state index contributed by atoms with van der Waals surface area (Å²) < 4.78 is 40.1. The first-order valence-electron chi connectivity index (χ1n) is 16.2. The summed E-state index contributed by atoms with van der Waals surface area (Å²) in [5.41, 5.74) is -1.14. The molecule has 19 nitrogen and oxygen atoms in total. The summed E-state index contributed by atoms with van der Waals surface area (Å²) in [5, 5.41) is 113. The molecule has 0 radical (unpaired) electrons. The third-order valence-electron chi connectivity index (χ3n) is 9.25. The van der Waals surface area contributed by atoms with E-state index in [2.05, 4.69) is 0 Å². The lowest BCUT2D eigenvalue weighted by atomic mass is 9.97. The molecule has 3 aromatic rings. The minimum absolute atomic E-state index is 0.144. The van der Waals surface area contributed by atoms with Gasteiger partial charge in [0, 0.05) is 17.7 Å². The van der Waals surface area contributed by atoms with Crippen molar-refractivity contribution in [2.45, 2.75) is 106 Å². The molecule has 11 N–H and O–H groups in total. The number of hydrogen-bond acceptors (Lipinski definition) is 19. The van der Waals surface area contributed by atoms with Gasteiger partial charge in [0.25, 0.3) is 0 Å². The highest BCUT2D eigenvalue weighted by Crippen LogP contribution is 2.39. The Morgan fingerprint density at radius 2 is 1.27 bits per heavy atom. The van der Waals surface area contributed by atoms with E-state index in [0.717, 1.165) is 6.07 Å². The van der Waals surface area contributed by atoms with Gasteiger partial charge in [0.1, 0.15) is 83.2 Å². The smallest absolute Gasteiger partial charge is 0.239 e. The zero-order chi connectivity index (χ0) is 37.8. The van der Waals surface area contributed by atoms with Crippen LogP contribution in [0.1, 0.15) is 13.8 Å². The molecular formula is C33H40O19. The van der Waals surface area contributed by atoms with Crippen LogP contribution in [0.25, 0.3) is 22.3 Å². The molecule has 6 rings (SSSR count). The zero-order valence-electron chi connectivity index (χ0n) is 27.5. The predicted octanol–water partition coefficient (Wildman–Crippen LogP) is -2.89. The van der Waals surface area contributed by atoms with Crippen molar-refractivity contribution in [3.63, 3.8) is 0 Å². The number of aliphatic hydroxyl groups is 9. The first kappa shape index (κ1) is 38.1. The van der Waals surface area contributed by atoms with Crippen molar-refractivity contribution in [1.29, 1.82) is 0 Å². The second kappa shape index (κ2) is 15.0. The van der Waals surface area contributed by atoms with Gasteiger partial charge in [0.05, 0.1) is 18.8 Å². The van der Waals surface area contributed by atoms with E-state index in [4.69, 9.17) is 32.8 Å². The summed E-state index contributed by atoms with van der Waals surface area (Å²) in [6, 6.07) is 7.43. The van der Waals surface area contributed by atoms with Crippen LogP contribution in [0.3, 0.4) is 0 Å². The molecule has 0 aliphatic carbocycles. The fraction of sp³-hybridized carbons (Fsp3) is 0.545. The Hall–Kier alpha value is -3.67. The lowest BCUT2D eigenvalue weighted by Crippen LogP contribution is -2.64. The molecule has 3 fully saturated rings. The fourth-order valence-corrected chi connectivity index (χ4v) is 6.17. The Kier molecular flexibility index (Phi) is 11.0. The quantitative estimate of drug-likeness (QED) is 0.110. The highest BCUT2D eigenvalue weighted by molar-refractivity contribution is 5.88. The van der Waals surface area contributed by atoms with Crippen molar-refractivity contribution < 1.29 is 89.0 Å². The number of ether oxygens (including phenoxy) is 6. The van der Waals surface area contributed by atoms with Gasteiger partial charge in [0.15, 0.2) is 18.2 Å². The van der Waals surface area contributed by atoms with Gasteiger partial charge in [-0.15, -0.1) is 0 Å². The summed E-state index contributed by atoms with van der Waals surface area (Å²) >= 11 is 0. The molecule has 19 heteroatoms. The highest BCUT2D eigenvalue weighted by atomic mass is 16.8. The number of rotatable bonds is 8. The molecule has 0 unspecified atom stereocenters. The van der Waals surface area contributed by atoms with Gasteiger partial charge in [0.2, 0.25) is 23.8 Å². The summed E-state index contributed by atoms with van der Waals surface area (Å²) in [4.78, 5) is 14.2. The maximum Gasteiger partial charge on any atom is 0.239 e. The molecular weight excluding hydrogens is 700 g/mol. The number of phenolic OH excluding ortho intramolecular Hbond substituents is 2. The second-order valence-electron chi connectivity index (χ2n) is 12.9. The van der Waals surface area contributed by atoms with Crippen molar-refractivity contribution in [1.82, 2.24) is 0 Å². The van der Waals surface area contributed by atoms with E-state index in [1.54, 1.807) is 0 Å². The summed E-state index contributed by atoms with van der Waals surface area (Å²) in [5.74, 6) is -1.97. The zero-order valence-corrected chi connectivity index (χ0v) is 27.5. The maximum atomic E-state index is 14.2. The number of hydrogen-bond donors (Lipinski definition) is 11. The van der Waals surface area contributed by atoms with Crippen LogP contribution in [-0.2, 0) is 18.9 Å². The van der Waals surface area contributed by atoms with Crippen LogP contribution in [-0.4, -0.2) is 155 Å². The Morgan fingerprint density at radius 1 is 0.673 bits per heavy atom. The van der Waals surface area contributed by atoms with E-state index in [1.165, 1.54) is 44.2 Å². The number of aliphatic hydroxyl groups excluding tert-OH is 9. The highest BCUT2D eigenvalue weighted by Gasteiger charge is 2.51. The molecule has 286 valence electrons. The number of aromatic hydroxyl groups is 2. The van der Waals surface area contributed by atoms with Crippen LogP contribution in [0, 0.1) is 0 Å². The van der Waals surface area contributed by atoms with Crippen LogP contribution in [0.5, 0.6) is 23.0 Å². The van der Waals surface area contributed by atoms with Gasteiger partial charge in [-0.3, -0.25) is 4.79 Å². The van der Waals surface area contributed by atoms with Crippen LogP contribution in [0.2, 0.25) is 0 Å². The van der Waals surface area contributed by atoms with E-state index in [0.29, 0.717) is 0 Å². The average Bonchev–Trinajstić information content (AvgIpc) is 3.11. The van der Waals surface area contributed by atoms with E-state index in [-0.39, 0.29) is 28.4 Å². The summed E-state index contributed by atoms with van der Waals surface area (Å²) in [6.45, 7) is 2.02. The van der Waals surface area contributed by atoms with Crippen molar-refractivity contribution in [3.8, 4) is 34.3 Å². The Labute approximate surface area is 293 Å². The molecule has 52 heavy (non-hydrogen) atoms. The van der Waals surface area contributed by atoms with Crippen LogP contribution >= 0.6 is 0 Å². The van der Waals surface area contributed by atoms with E-state index >= 15 is 0 Å². The van der Waals surface area contributed by atoms with Gasteiger partial charge in [-0.25, -0.2) is 0 Å². The van der Waals surface area contributed by atoms with Gasteiger partial charge < -0.3 is 89.0 Å². The summed E-state index contributed by atoms with van der Waals surface area (Å²) in [7, 11) is 0. The van der Waals surface area contributed by atoms with Gasteiger partial charge in [-0.2, -0.15) is 0 Å². The Balaban J connectivity index is 1.40. The number of fused-ring (bicyclic) bond motifs is 1. The molecule has 15 atom stereocenters. The lowest BCUT2D eigenvalue weighted by Gasteiger charge is -2.45. The first-order valence-corrected chi connectivity index (χ1v) is 16.2. The normalized spacial score (nSPS) is 38.2. The minimum Gasteiger partial charge on any atom is -0.508 e. The topological polar surface area (TPSA) is 308 Å². The van der Waals surface area contributed by atoms with Crippen molar-refractivity contribution in [3.05, 3.63) is 46.6 Å². The minimum atomic E-state index is -1.93. The SMILES string of the molecule is C[C@@H]1O[C@@H](Oc2cc(O)c3c(=O)c(O[C@@H]4O[C@@H](C)[C@H](O)[C@@H](O)[C@H]4O[C@@H]4O[C@H](CO)[C@H](O)[C@H](O)[C@H]4O)c(-c4ccc(O)cc4)oc3c2)[C@H](O)[C@H](O)[C@H]1O. The Morgan fingerprint density at radius 3 is 1.92 bits per heavy atom. The van der Waals surface area contributed by atoms with Gasteiger partial charge >= 0.3 is 0 Å². The standard InChI is InChI=1S/C33H40O19/c1-10-19(37)23(41)26(44)31(46-10)48-14-7-15(36)18-16(8-14)49-28(12-3-5-13(35)6-4-12)29(22(18)40)51-33-30(25(43)20(38)11(2)47-33)52-32-27(45)24(42)21(39)17(9-34)50-32/h3-8,10-11,17,19-21,23-27,30-39,41-45H,9H2,1-2H3/t10-,11-,17+,19-,20-,21-,23+,24-,25+,26+,27+,30+,31-,32-,33-/m0/s1. The average molecular weight is 741 g/mol. The van der Waals surface area contributed by atoms with Crippen LogP contribution < -0.4 is 14.9 Å². The fourth-order valence-electron chi connectivity index (χ4n) is 6.17.